The maximum absolute atomic E-state index is 13.2. The lowest BCUT2D eigenvalue weighted by atomic mass is 10.1. The minimum atomic E-state index is -0.855. The monoisotopic (exact) mass is 283 g/mol. The summed E-state index contributed by atoms with van der Waals surface area (Å²) in [4.78, 5) is 22.3. The van der Waals surface area contributed by atoms with Crippen LogP contribution >= 0.6 is 0 Å². The molecule has 20 heavy (non-hydrogen) atoms. The van der Waals surface area contributed by atoms with Crippen molar-refractivity contribution in [1.82, 2.24) is 5.32 Å². The van der Waals surface area contributed by atoms with E-state index in [1.807, 2.05) is 0 Å². The number of hydrogen-bond donors (Lipinski definition) is 2. The molecule has 1 amide bonds. The average Bonchev–Trinajstić information content (AvgIpc) is 2.38. The molecular weight excluding hydrogens is 265 g/mol. The molecule has 2 N–H and O–H groups in total. The van der Waals surface area contributed by atoms with Gasteiger partial charge in [0, 0.05) is 18.0 Å². The molecule has 1 unspecified atom stereocenters. The molecule has 0 bridgehead atoms. The fourth-order valence-electron chi connectivity index (χ4n) is 1.74. The summed E-state index contributed by atoms with van der Waals surface area (Å²) in [5, 5.41) is 11.3. The lowest BCUT2D eigenvalue weighted by Gasteiger charge is -2.13. The number of hydrogen-bond acceptors (Lipinski definition) is 3. The van der Waals surface area contributed by atoms with Gasteiger partial charge >= 0.3 is 5.97 Å². The number of carboxylic acid groups (broad SMARTS) is 1. The van der Waals surface area contributed by atoms with Crippen LogP contribution in [0.3, 0.4) is 0 Å². The number of nitrogens with one attached hydrogen (secondary N) is 1. The van der Waals surface area contributed by atoms with Gasteiger partial charge in [-0.05, 0) is 38.0 Å². The van der Waals surface area contributed by atoms with Crippen molar-refractivity contribution in [2.75, 3.05) is 7.11 Å². The molecule has 0 aliphatic rings. The molecule has 0 aliphatic carbocycles. The van der Waals surface area contributed by atoms with Crippen LogP contribution in [0.15, 0.2) is 18.2 Å². The van der Waals surface area contributed by atoms with Crippen LogP contribution in [0.2, 0.25) is 0 Å². The molecule has 0 aromatic heterocycles. The Hall–Kier alpha value is -2.11. The van der Waals surface area contributed by atoms with Crippen LogP contribution < -0.4 is 10.1 Å². The van der Waals surface area contributed by atoms with E-state index in [9.17, 15) is 14.0 Å². The zero-order valence-corrected chi connectivity index (χ0v) is 11.5. The SMILES string of the molecule is COc1cc(C(=O)NC(C)CCCC(=O)O)ccc1F. The Kier molecular flexibility index (Phi) is 5.96. The molecule has 1 aromatic rings. The molecule has 0 fully saturated rings. The number of ether oxygens (including phenoxy) is 1. The van der Waals surface area contributed by atoms with E-state index in [0.29, 0.717) is 18.4 Å². The number of carbonyl (C=O) groups excluding carboxylic acids is 1. The van der Waals surface area contributed by atoms with Gasteiger partial charge in [-0.3, -0.25) is 9.59 Å². The molecule has 0 heterocycles. The van der Waals surface area contributed by atoms with Crippen LogP contribution in [-0.4, -0.2) is 30.1 Å². The van der Waals surface area contributed by atoms with Crippen molar-refractivity contribution in [1.29, 1.82) is 0 Å². The molecule has 1 aromatic carbocycles. The Balaban J connectivity index is 2.55. The van der Waals surface area contributed by atoms with Crippen LogP contribution in [0.1, 0.15) is 36.5 Å². The van der Waals surface area contributed by atoms with Crippen LogP contribution in [0.25, 0.3) is 0 Å². The molecule has 0 saturated carbocycles. The van der Waals surface area contributed by atoms with E-state index >= 15 is 0 Å². The molecule has 5 nitrogen and oxygen atoms in total. The Bertz CT molecular complexity index is 490. The van der Waals surface area contributed by atoms with E-state index < -0.39 is 11.8 Å². The predicted molar refractivity (Wildman–Crippen MR) is 71.4 cm³/mol. The Morgan fingerprint density at radius 3 is 2.75 bits per heavy atom. The highest BCUT2D eigenvalue weighted by molar-refractivity contribution is 5.94. The third-order valence-electron chi connectivity index (χ3n) is 2.82. The molecule has 0 radical (unpaired) electrons. The van der Waals surface area contributed by atoms with Gasteiger partial charge in [0.2, 0.25) is 0 Å². The summed E-state index contributed by atoms with van der Waals surface area (Å²) >= 11 is 0. The zero-order chi connectivity index (χ0) is 15.1. The molecule has 0 saturated heterocycles. The summed E-state index contributed by atoms with van der Waals surface area (Å²) in [6.45, 7) is 1.79. The van der Waals surface area contributed by atoms with Gasteiger partial charge in [-0.1, -0.05) is 0 Å². The van der Waals surface area contributed by atoms with Crippen molar-refractivity contribution in [2.45, 2.75) is 32.2 Å². The minimum absolute atomic E-state index is 0.0104. The smallest absolute Gasteiger partial charge is 0.303 e. The first-order chi connectivity index (χ1) is 9.43. The van der Waals surface area contributed by atoms with Crippen LogP contribution in [-0.2, 0) is 4.79 Å². The second kappa shape index (κ2) is 7.47. The van der Waals surface area contributed by atoms with E-state index in [0.717, 1.165) is 0 Å². The van der Waals surface area contributed by atoms with Crippen LogP contribution in [0.4, 0.5) is 4.39 Å². The van der Waals surface area contributed by atoms with Gasteiger partial charge in [0.05, 0.1) is 7.11 Å². The third-order valence-corrected chi connectivity index (χ3v) is 2.82. The molecule has 6 heteroatoms. The molecule has 1 rings (SSSR count). The Morgan fingerprint density at radius 2 is 2.15 bits per heavy atom. The van der Waals surface area contributed by atoms with Crippen LogP contribution in [0.5, 0.6) is 5.75 Å². The van der Waals surface area contributed by atoms with Gasteiger partial charge in [-0.25, -0.2) is 4.39 Å². The van der Waals surface area contributed by atoms with Gasteiger partial charge in [0.1, 0.15) is 0 Å². The number of halogens is 1. The van der Waals surface area contributed by atoms with Crippen molar-refractivity contribution in [3.8, 4) is 5.75 Å². The lowest BCUT2D eigenvalue weighted by Crippen LogP contribution is -2.32. The highest BCUT2D eigenvalue weighted by Gasteiger charge is 2.13. The Morgan fingerprint density at radius 1 is 1.45 bits per heavy atom. The topological polar surface area (TPSA) is 75.6 Å². The van der Waals surface area contributed by atoms with E-state index in [4.69, 9.17) is 9.84 Å². The van der Waals surface area contributed by atoms with Gasteiger partial charge < -0.3 is 15.2 Å². The van der Waals surface area contributed by atoms with Gasteiger partial charge in [-0.2, -0.15) is 0 Å². The second-order valence-corrected chi connectivity index (χ2v) is 4.51. The maximum Gasteiger partial charge on any atom is 0.303 e. The van der Waals surface area contributed by atoms with E-state index in [1.165, 1.54) is 25.3 Å². The van der Waals surface area contributed by atoms with Crippen molar-refractivity contribution >= 4 is 11.9 Å². The number of carboxylic acids is 1. The van der Waals surface area contributed by atoms with Crippen molar-refractivity contribution < 1.29 is 23.8 Å². The summed E-state index contributed by atoms with van der Waals surface area (Å²) in [7, 11) is 1.33. The second-order valence-electron chi connectivity index (χ2n) is 4.51. The van der Waals surface area contributed by atoms with E-state index in [1.54, 1.807) is 6.92 Å². The fourth-order valence-corrected chi connectivity index (χ4v) is 1.74. The highest BCUT2D eigenvalue weighted by Crippen LogP contribution is 2.18. The predicted octanol–water partition coefficient (Wildman–Crippen LogP) is 2.21. The molecule has 0 spiro atoms. The number of rotatable bonds is 7. The zero-order valence-electron chi connectivity index (χ0n) is 11.5. The normalized spacial score (nSPS) is 11.8. The fraction of sp³-hybridized carbons (Fsp3) is 0.429. The number of amides is 1. The number of carbonyl (C=O) groups is 2. The number of methoxy groups -OCH3 is 1. The number of benzene rings is 1. The number of aliphatic carboxylic acids is 1. The minimum Gasteiger partial charge on any atom is -0.494 e. The first-order valence-electron chi connectivity index (χ1n) is 6.30. The van der Waals surface area contributed by atoms with E-state index in [2.05, 4.69) is 5.32 Å². The molecular formula is C14H18FNO4. The summed E-state index contributed by atoms with van der Waals surface area (Å²) in [6.07, 6.45) is 1.13. The maximum atomic E-state index is 13.2. The van der Waals surface area contributed by atoms with Crippen molar-refractivity contribution in [3.05, 3.63) is 29.6 Å². The van der Waals surface area contributed by atoms with E-state index in [-0.39, 0.29) is 24.1 Å². The van der Waals surface area contributed by atoms with Gasteiger partial charge in [0.25, 0.3) is 5.91 Å². The quantitative estimate of drug-likeness (QED) is 0.804. The Labute approximate surface area is 116 Å². The lowest BCUT2D eigenvalue weighted by molar-refractivity contribution is -0.137. The van der Waals surface area contributed by atoms with Gasteiger partial charge in [-0.15, -0.1) is 0 Å². The standard InChI is InChI=1S/C14H18FNO4/c1-9(4-3-5-13(17)18)16-14(19)10-6-7-11(15)12(8-10)20-2/h6-9H,3-5H2,1-2H3,(H,16,19)(H,17,18). The molecule has 0 aliphatic heterocycles. The molecule has 110 valence electrons. The average molecular weight is 283 g/mol. The first-order valence-corrected chi connectivity index (χ1v) is 6.30. The summed E-state index contributed by atoms with van der Waals surface area (Å²) in [5.74, 6) is -1.72. The summed E-state index contributed by atoms with van der Waals surface area (Å²) in [6, 6.07) is 3.71. The largest absolute Gasteiger partial charge is 0.494 e. The van der Waals surface area contributed by atoms with Crippen molar-refractivity contribution in [3.63, 3.8) is 0 Å². The van der Waals surface area contributed by atoms with Gasteiger partial charge in [0.15, 0.2) is 11.6 Å². The third kappa shape index (κ3) is 4.87. The first kappa shape index (κ1) is 15.9. The van der Waals surface area contributed by atoms with Crippen molar-refractivity contribution in [2.24, 2.45) is 0 Å². The summed E-state index contributed by atoms with van der Waals surface area (Å²) < 4.78 is 18.0. The summed E-state index contributed by atoms with van der Waals surface area (Å²) in [5.41, 5.74) is 0.299. The van der Waals surface area contributed by atoms with Crippen LogP contribution in [0, 0.1) is 5.82 Å². The highest BCUT2D eigenvalue weighted by atomic mass is 19.1. The molecule has 1 atom stereocenters.